The van der Waals surface area contributed by atoms with Gasteiger partial charge >= 0.3 is 5.97 Å². The number of hydrogen-bond acceptors (Lipinski definition) is 4. The molecule has 1 rings (SSSR count). The molecule has 0 amide bonds. The zero-order chi connectivity index (χ0) is 10.7. The van der Waals surface area contributed by atoms with Gasteiger partial charge in [0.2, 0.25) is 0 Å². The number of likely N-dealkylation sites (tertiary alicyclic amines) is 1. The third kappa shape index (κ3) is 2.05. The van der Waals surface area contributed by atoms with Crippen LogP contribution in [0.2, 0.25) is 0 Å². The van der Waals surface area contributed by atoms with Gasteiger partial charge in [-0.05, 0) is 12.8 Å². The Bertz CT molecular complexity index is 259. The van der Waals surface area contributed by atoms with Gasteiger partial charge in [0.15, 0.2) is 0 Å². The summed E-state index contributed by atoms with van der Waals surface area (Å²) in [5, 5.41) is 8.76. The number of hydrogen-bond donors (Lipinski definition) is 0. The maximum Gasteiger partial charge on any atom is 0.310 e. The summed E-state index contributed by atoms with van der Waals surface area (Å²) in [7, 11) is 1.41. The van der Waals surface area contributed by atoms with Crippen molar-refractivity contribution in [2.24, 2.45) is 11.8 Å². The number of carbonyl (C=O) groups is 1. The van der Waals surface area contributed by atoms with E-state index in [2.05, 4.69) is 6.07 Å². The molecule has 1 fully saturated rings. The van der Waals surface area contributed by atoms with Crippen molar-refractivity contribution in [1.82, 2.24) is 4.90 Å². The van der Waals surface area contributed by atoms with Gasteiger partial charge in [-0.15, -0.1) is 0 Å². The van der Waals surface area contributed by atoms with Crippen LogP contribution in [0.25, 0.3) is 0 Å². The quantitative estimate of drug-likeness (QED) is 0.608. The number of esters is 1. The van der Waals surface area contributed by atoms with Gasteiger partial charge in [0.05, 0.1) is 25.1 Å². The van der Waals surface area contributed by atoms with Crippen molar-refractivity contribution in [3.8, 4) is 6.07 Å². The topological polar surface area (TPSA) is 53.3 Å². The van der Waals surface area contributed by atoms with E-state index in [0.29, 0.717) is 6.54 Å². The first-order valence-electron chi connectivity index (χ1n) is 4.81. The molecule has 0 radical (unpaired) electrons. The highest BCUT2D eigenvalue weighted by molar-refractivity contribution is 5.73. The molecule has 4 nitrogen and oxygen atoms in total. The van der Waals surface area contributed by atoms with Crippen molar-refractivity contribution >= 4 is 5.97 Å². The third-order valence-electron chi connectivity index (χ3n) is 2.88. The van der Waals surface area contributed by atoms with E-state index in [4.69, 9.17) is 10.00 Å². The Labute approximate surface area is 84.4 Å². The fourth-order valence-electron chi connectivity index (χ4n) is 1.86. The SMILES string of the molecule is COC(=O)C1CN(C(C)C#N)CC1C. The van der Waals surface area contributed by atoms with Crippen molar-refractivity contribution < 1.29 is 9.53 Å². The lowest BCUT2D eigenvalue weighted by atomic mass is 9.99. The first-order valence-corrected chi connectivity index (χ1v) is 4.81. The summed E-state index contributed by atoms with van der Waals surface area (Å²) < 4.78 is 4.72. The monoisotopic (exact) mass is 196 g/mol. The van der Waals surface area contributed by atoms with E-state index in [-0.39, 0.29) is 23.8 Å². The molecule has 0 aliphatic carbocycles. The minimum absolute atomic E-state index is 0.0733. The van der Waals surface area contributed by atoms with Gasteiger partial charge in [-0.3, -0.25) is 9.69 Å². The molecule has 0 N–H and O–H groups in total. The maximum atomic E-state index is 11.3. The number of carbonyl (C=O) groups excluding carboxylic acids is 1. The smallest absolute Gasteiger partial charge is 0.310 e. The van der Waals surface area contributed by atoms with Crippen molar-refractivity contribution in [3.63, 3.8) is 0 Å². The van der Waals surface area contributed by atoms with Crippen LogP contribution in [-0.4, -0.2) is 37.1 Å². The number of rotatable bonds is 2. The van der Waals surface area contributed by atoms with Crippen molar-refractivity contribution in [1.29, 1.82) is 5.26 Å². The molecule has 1 aliphatic rings. The Balaban J connectivity index is 2.61. The Morgan fingerprint density at radius 2 is 2.29 bits per heavy atom. The Morgan fingerprint density at radius 3 is 2.79 bits per heavy atom. The lowest BCUT2D eigenvalue weighted by Gasteiger charge is -2.17. The van der Waals surface area contributed by atoms with E-state index >= 15 is 0 Å². The van der Waals surface area contributed by atoms with Crippen molar-refractivity contribution in [2.75, 3.05) is 20.2 Å². The molecule has 1 saturated heterocycles. The van der Waals surface area contributed by atoms with Crippen LogP contribution in [0.3, 0.4) is 0 Å². The van der Waals surface area contributed by atoms with E-state index in [9.17, 15) is 4.79 Å². The number of methoxy groups -OCH3 is 1. The van der Waals surface area contributed by atoms with Crippen LogP contribution in [-0.2, 0) is 9.53 Å². The summed E-state index contributed by atoms with van der Waals surface area (Å²) in [6.07, 6.45) is 0. The lowest BCUT2D eigenvalue weighted by Crippen LogP contribution is -2.30. The summed E-state index contributed by atoms with van der Waals surface area (Å²) >= 11 is 0. The van der Waals surface area contributed by atoms with Crippen LogP contribution < -0.4 is 0 Å². The zero-order valence-electron chi connectivity index (χ0n) is 8.86. The molecule has 3 unspecified atom stereocenters. The minimum Gasteiger partial charge on any atom is -0.469 e. The van der Waals surface area contributed by atoms with Crippen LogP contribution in [0.5, 0.6) is 0 Å². The molecular weight excluding hydrogens is 180 g/mol. The minimum atomic E-state index is -0.162. The molecule has 4 heteroatoms. The molecule has 1 aliphatic heterocycles. The molecule has 0 bridgehead atoms. The second-order valence-corrected chi connectivity index (χ2v) is 3.87. The Kier molecular flexibility index (Phi) is 3.48. The Morgan fingerprint density at radius 1 is 1.64 bits per heavy atom. The standard InChI is InChI=1S/C10H16N2O2/c1-7-5-12(8(2)4-11)6-9(7)10(13)14-3/h7-9H,5-6H2,1-3H3. The predicted octanol–water partition coefficient (Wildman–Crippen LogP) is 0.639. The molecule has 0 saturated carbocycles. The van der Waals surface area contributed by atoms with Gasteiger partial charge in [0, 0.05) is 13.1 Å². The summed E-state index contributed by atoms with van der Waals surface area (Å²) in [5.41, 5.74) is 0. The van der Waals surface area contributed by atoms with Crippen LogP contribution in [0.4, 0.5) is 0 Å². The van der Waals surface area contributed by atoms with E-state index in [0.717, 1.165) is 6.54 Å². The van der Waals surface area contributed by atoms with Gasteiger partial charge in [-0.1, -0.05) is 6.92 Å². The fourth-order valence-corrected chi connectivity index (χ4v) is 1.86. The third-order valence-corrected chi connectivity index (χ3v) is 2.88. The molecule has 0 aromatic heterocycles. The maximum absolute atomic E-state index is 11.3. The fraction of sp³-hybridized carbons (Fsp3) is 0.800. The molecule has 0 aromatic rings. The second kappa shape index (κ2) is 4.43. The molecule has 78 valence electrons. The van der Waals surface area contributed by atoms with Crippen molar-refractivity contribution in [2.45, 2.75) is 19.9 Å². The molecule has 14 heavy (non-hydrogen) atoms. The first kappa shape index (κ1) is 11.0. The van der Waals surface area contributed by atoms with E-state index < -0.39 is 0 Å². The highest BCUT2D eigenvalue weighted by atomic mass is 16.5. The van der Waals surface area contributed by atoms with Crippen LogP contribution in [0, 0.1) is 23.2 Å². The van der Waals surface area contributed by atoms with Gasteiger partial charge in [0.25, 0.3) is 0 Å². The van der Waals surface area contributed by atoms with Crippen LogP contribution in [0.1, 0.15) is 13.8 Å². The number of nitrogens with zero attached hydrogens (tertiary/aromatic N) is 2. The first-order chi connectivity index (χ1) is 6.60. The summed E-state index contributed by atoms with van der Waals surface area (Å²) in [4.78, 5) is 13.4. The van der Waals surface area contributed by atoms with Gasteiger partial charge in [-0.25, -0.2) is 0 Å². The second-order valence-electron chi connectivity index (χ2n) is 3.87. The highest BCUT2D eigenvalue weighted by Gasteiger charge is 2.37. The summed E-state index contributed by atoms with van der Waals surface area (Å²) in [5.74, 6) is 0.0409. The van der Waals surface area contributed by atoms with E-state index in [1.165, 1.54) is 7.11 Å². The number of ether oxygens (including phenoxy) is 1. The van der Waals surface area contributed by atoms with E-state index in [1.807, 2.05) is 18.7 Å². The predicted molar refractivity (Wildman–Crippen MR) is 51.3 cm³/mol. The summed E-state index contributed by atoms with van der Waals surface area (Å²) in [6, 6.07) is 2.06. The molecule has 0 spiro atoms. The highest BCUT2D eigenvalue weighted by Crippen LogP contribution is 2.25. The van der Waals surface area contributed by atoms with Crippen LogP contribution >= 0.6 is 0 Å². The Hall–Kier alpha value is -1.08. The normalized spacial score (nSPS) is 29.6. The molecule has 1 heterocycles. The average Bonchev–Trinajstić information content (AvgIpc) is 2.58. The van der Waals surface area contributed by atoms with Gasteiger partial charge in [0.1, 0.15) is 0 Å². The van der Waals surface area contributed by atoms with Crippen molar-refractivity contribution in [3.05, 3.63) is 0 Å². The van der Waals surface area contributed by atoms with E-state index in [1.54, 1.807) is 0 Å². The molecule has 0 aromatic carbocycles. The average molecular weight is 196 g/mol. The lowest BCUT2D eigenvalue weighted by molar-refractivity contribution is -0.146. The number of nitriles is 1. The van der Waals surface area contributed by atoms with Crippen LogP contribution in [0.15, 0.2) is 0 Å². The summed E-state index contributed by atoms with van der Waals surface area (Å²) in [6.45, 7) is 5.31. The van der Waals surface area contributed by atoms with Gasteiger partial charge in [-0.2, -0.15) is 5.26 Å². The molecular formula is C10H16N2O2. The largest absolute Gasteiger partial charge is 0.469 e. The molecule has 3 atom stereocenters. The van der Waals surface area contributed by atoms with Gasteiger partial charge < -0.3 is 4.74 Å². The zero-order valence-corrected chi connectivity index (χ0v) is 8.86.